The second kappa shape index (κ2) is 7.14. The number of nitrogens with zero attached hydrogens (tertiary/aromatic N) is 3. The molecule has 8 nitrogen and oxygen atoms in total. The summed E-state index contributed by atoms with van der Waals surface area (Å²) in [5.74, 6) is -1.85. The van der Waals surface area contributed by atoms with Gasteiger partial charge >= 0.3 is 0 Å². The van der Waals surface area contributed by atoms with E-state index in [4.69, 9.17) is 12.3 Å². The molecule has 3 N–H and O–H groups in total. The van der Waals surface area contributed by atoms with Crippen LogP contribution in [0.25, 0.3) is 21.8 Å². The second-order valence-corrected chi connectivity index (χ2v) is 6.66. The van der Waals surface area contributed by atoms with E-state index in [0.717, 1.165) is 4.90 Å². The van der Waals surface area contributed by atoms with Crippen molar-refractivity contribution in [3.63, 3.8) is 0 Å². The number of carbonyl (C=O) groups excluding carboxylic acids is 3. The summed E-state index contributed by atoms with van der Waals surface area (Å²) in [5.41, 5.74) is 7.04. The van der Waals surface area contributed by atoms with Crippen molar-refractivity contribution < 1.29 is 19.5 Å². The van der Waals surface area contributed by atoms with E-state index >= 15 is 0 Å². The van der Waals surface area contributed by atoms with Gasteiger partial charge in [-0.2, -0.15) is 0 Å². The van der Waals surface area contributed by atoms with E-state index in [0.29, 0.717) is 27.6 Å². The van der Waals surface area contributed by atoms with Crippen molar-refractivity contribution in [3.05, 3.63) is 88.0 Å². The predicted octanol–water partition coefficient (Wildman–Crippen LogP) is 2.48. The molecule has 1 aliphatic rings. The van der Waals surface area contributed by atoms with Gasteiger partial charge in [0.1, 0.15) is 11.3 Å². The zero-order valence-corrected chi connectivity index (χ0v) is 15.5. The quantitative estimate of drug-likeness (QED) is 0.398. The number of imide groups is 1. The Bertz CT molecular complexity index is 1280. The van der Waals surface area contributed by atoms with Crippen LogP contribution in [0.15, 0.2) is 54.4 Å². The zero-order valence-electron chi connectivity index (χ0n) is 15.5. The topological polar surface area (TPSA) is 118 Å². The zero-order chi connectivity index (χ0) is 21.4. The third-order valence-corrected chi connectivity index (χ3v) is 4.82. The Morgan fingerprint density at radius 1 is 1.10 bits per heavy atom. The van der Waals surface area contributed by atoms with Gasteiger partial charge in [-0.15, -0.1) is 0 Å². The third-order valence-electron chi connectivity index (χ3n) is 4.82. The van der Waals surface area contributed by atoms with Gasteiger partial charge < -0.3 is 10.8 Å². The van der Waals surface area contributed by atoms with Crippen LogP contribution in [0.5, 0.6) is 5.75 Å². The predicted molar refractivity (Wildman–Crippen MR) is 108 cm³/mol. The number of nitrogens with two attached hydrogens (primary N) is 1. The molecule has 2 aromatic carbocycles. The Kier molecular flexibility index (Phi) is 4.49. The average molecular weight is 398 g/mol. The molecule has 2 heterocycles. The normalized spacial score (nSPS) is 13.4. The number of carbonyl (C=O) groups is 3. The number of aromatic nitrogens is 1. The number of hydrogen-bond donors (Lipinski definition) is 2. The Morgan fingerprint density at radius 2 is 1.77 bits per heavy atom. The Balaban J connectivity index is 1.66. The maximum absolute atomic E-state index is 13.0. The average Bonchev–Trinajstić information content (AvgIpc) is 2.75. The highest BCUT2D eigenvalue weighted by molar-refractivity contribution is 6.25. The standard InChI is InChI=1S/C22H14N4O4/c1-24-16(20(23)28)10-12-2-4-13(5-3-12)11-26-21(29)14-6-7-17(27)19-18(14)15(22(26)30)8-9-25-19/h2-10,27H,11H2,(H2,23,28). The van der Waals surface area contributed by atoms with Crippen LogP contribution in [0.2, 0.25) is 0 Å². The van der Waals surface area contributed by atoms with E-state index < -0.39 is 17.7 Å². The van der Waals surface area contributed by atoms with Crippen molar-refractivity contribution in [2.75, 3.05) is 0 Å². The summed E-state index contributed by atoms with van der Waals surface area (Å²) < 4.78 is 0. The van der Waals surface area contributed by atoms with Crippen LogP contribution in [0.3, 0.4) is 0 Å². The molecule has 0 spiro atoms. The van der Waals surface area contributed by atoms with Gasteiger partial charge in [0.2, 0.25) is 11.6 Å². The first-order valence-electron chi connectivity index (χ1n) is 8.85. The molecule has 0 unspecified atom stereocenters. The molecule has 0 aliphatic carbocycles. The van der Waals surface area contributed by atoms with E-state index in [1.165, 1.54) is 30.5 Å². The molecule has 0 radical (unpaired) electrons. The molecule has 3 aromatic rings. The summed E-state index contributed by atoms with van der Waals surface area (Å²) in [5, 5.41) is 10.4. The number of hydrogen-bond acceptors (Lipinski definition) is 5. The maximum Gasteiger partial charge on any atom is 0.261 e. The number of phenolic OH excluding ortho intramolecular Hbond substituents is 1. The summed E-state index contributed by atoms with van der Waals surface area (Å²) in [7, 11) is 0. The van der Waals surface area contributed by atoms with Crippen molar-refractivity contribution >= 4 is 34.7 Å². The SMILES string of the molecule is [C-]#[N+]C(=Cc1ccc(CN2C(=O)c3ccnc4c(O)ccc(c34)C2=O)cc1)C(N)=O. The number of primary amides is 1. The van der Waals surface area contributed by atoms with E-state index in [1.54, 1.807) is 24.3 Å². The Hall–Kier alpha value is -4.51. The molecule has 146 valence electrons. The van der Waals surface area contributed by atoms with Crippen molar-refractivity contribution in [3.8, 4) is 5.75 Å². The molecular formula is C22H14N4O4. The van der Waals surface area contributed by atoms with Crippen molar-refractivity contribution in [1.82, 2.24) is 9.88 Å². The highest BCUT2D eigenvalue weighted by Gasteiger charge is 2.33. The summed E-state index contributed by atoms with van der Waals surface area (Å²) in [6.45, 7) is 7.01. The number of pyridine rings is 1. The molecule has 4 rings (SSSR count). The first-order valence-corrected chi connectivity index (χ1v) is 8.85. The summed E-state index contributed by atoms with van der Waals surface area (Å²) in [6, 6.07) is 11.1. The number of benzene rings is 2. The Labute approximate surface area is 170 Å². The minimum absolute atomic E-state index is 0.0390. The number of phenols is 1. The highest BCUT2D eigenvalue weighted by Crippen LogP contribution is 2.34. The summed E-state index contributed by atoms with van der Waals surface area (Å²) >= 11 is 0. The van der Waals surface area contributed by atoms with Gasteiger partial charge in [-0.1, -0.05) is 24.3 Å². The lowest BCUT2D eigenvalue weighted by molar-refractivity contribution is -0.114. The fraction of sp³-hybridized carbons (Fsp3) is 0.0455. The molecule has 0 fully saturated rings. The second-order valence-electron chi connectivity index (χ2n) is 6.66. The molecule has 3 amide bonds. The minimum Gasteiger partial charge on any atom is -0.506 e. The van der Waals surface area contributed by atoms with E-state index in [9.17, 15) is 19.5 Å². The van der Waals surface area contributed by atoms with Gasteiger partial charge in [0.05, 0.1) is 24.2 Å². The van der Waals surface area contributed by atoms with Gasteiger partial charge in [0.15, 0.2) is 0 Å². The van der Waals surface area contributed by atoms with Crippen molar-refractivity contribution in [2.24, 2.45) is 5.73 Å². The lowest BCUT2D eigenvalue weighted by Crippen LogP contribution is -2.39. The lowest BCUT2D eigenvalue weighted by atomic mass is 9.96. The molecule has 1 aromatic heterocycles. The van der Waals surface area contributed by atoms with Crippen molar-refractivity contribution in [2.45, 2.75) is 6.54 Å². The van der Waals surface area contributed by atoms with Crippen LogP contribution < -0.4 is 5.73 Å². The number of aromatic hydroxyl groups is 1. The van der Waals surface area contributed by atoms with E-state index in [1.807, 2.05) is 0 Å². The minimum atomic E-state index is -0.813. The largest absolute Gasteiger partial charge is 0.506 e. The van der Waals surface area contributed by atoms with E-state index in [-0.39, 0.29) is 23.5 Å². The van der Waals surface area contributed by atoms with Gasteiger partial charge in [0, 0.05) is 11.6 Å². The van der Waals surface area contributed by atoms with Crippen LogP contribution in [0, 0.1) is 6.57 Å². The smallest absolute Gasteiger partial charge is 0.261 e. The van der Waals surface area contributed by atoms with Crippen LogP contribution in [0.1, 0.15) is 31.8 Å². The molecule has 0 saturated carbocycles. The monoisotopic (exact) mass is 398 g/mol. The van der Waals surface area contributed by atoms with Crippen molar-refractivity contribution in [1.29, 1.82) is 0 Å². The van der Waals surface area contributed by atoms with Gasteiger partial charge in [-0.25, -0.2) is 4.85 Å². The summed E-state index contributed by atoms with van der Waals surface area (Å²) in [6.07, 6.45) is 2.79. The van der Waals surface area contributed by atoms with Gasteiger partial charge in [-0.05, 0) is 35.4 Å². The fourth-order valence-electron chi connectivity index (χ4n) is 3.35. The third kappa shape index (κ3) is 3.04. The number of rotatable bonds is 4. The summed E-state index contributed by atoms with van der Waals surface area (Å²) in [4.78, 5) is 45.4. The molecule has 0 atom stereocenters. The molecule has 1 aliphatic heterocycles. The van der Waals surface area contributed by atoms with Crippen LogP contribution in [-0.2, 0) is 11.3 Å². The highest BCUT2D eigenvalue weighted by atomic mass is 16.3. The molecule has 0 saturated heterocycles. The Morgan fingerprint density at radius 3 is 2.40 bits per heavy atom. The molecule has 0 bridgehead atoms. The lowest BCUT2D eigenvalue weighted by Gasteiger charge is -2.27. The van der Waals surface area contributed by atoms with E-state index in [2.05, 4.69) is 9.83 Å². The van der Waals surface area contributed by atoms with Crippen LogP contribution in [0.4, 0.5) is 0 Å². The van der Waals surface area contributed by atoms with Crippen LogP contribution >= 0.6 is 0 Å². The first-order chi connectivity index (χ1) is 14.4. The first kappa shape index (κ1) is 18.8. The molecule has 30 heavy (non-hydrogen) atoms. The number of amides is 3. The fourth-order valence-corrected chi connectivity index (χ4v) is 3.35. The molecular weight excluding hydrogens is 384 g/mol. The maximum atomic E-state index is 13.0. The molecule has 8 heteroatoms. The van der Waals surface area contributed by atoms with Gasteiger partial charge in [-0.3, -0.25) is 24.3 Å². The van der Waals surface area contributed by atoms with Crippen LogP contribution in [-0.4, -0.2) is 32.7 Å². The van der Waals surface area contributed by atoms with Gasteiger partial charge in [0.25, 0.3) is 11.8 Å².